The summed E-state index contributed by atoms with van der Waals surface area (Å²) in [4.78, 5) is 0. The van der Waals surface area contributed by atoms with Crippen molar-refractivity contribution in [2.24, 2.45) is 5.73 Å². The van der Waals surface area contributed by atoms with Gasteiger partial charge in [-0.1, -0.05) is 12.8 Å². The summed E-state index contributed by atoms with van der Waals surface area (Å²) < 4.78 is 13.9. The van der Waals surface area contributed by atoms with Gasteiger partial charge in [-0.3, -0.25) is 0 Å². The van der Waals surface area contributed by atoms with Crippen LogP contribution in [0, 0.1) is 12.7 Å². The molecule has 1 aliphatic carbocycles. The van der Waals surface area contributed by atoms with Crippen molar-refractivity contribution >= 4 is 15.9 Å². The van der Waals surface area contributed by atoms with Gasteiger partial charge >= 0.3 is 0 Å². The number of aryl methyl sites for hydroxylation is 1. The molecule has 0 amide bonds. The Labute approximate surface area is 104 Å². The summed E-state index contributed by atoms with van der Waals surface area (Å²) in [5.74, 6) is -0.189. The van der Waals surface area contributed by atoms with E-state index >= 15 is 0 Å². The van der Waals surface area contributed by atoms with Crippen LogP contribution in [0.3, 0.4) is 0 Å². The minimum absolute atomic E-state index is 0.0836. The maximum Gasteiger partial charge on any atom is 0.137 e. The van der Waals surface area contributed by atoms with Crippen LogP contribution in [-0.2, 0) is 5.41 Å². The van der Waals surface area contributed by atoms with E-state index in [-0.39, 0.29) is 11.2 Å². The first-order valence-electron chi connectivity index (χ1n) is 5.75. The topological polar surface area (TPSA) is 26.0 Å². The van der Waals surface area contributed by atoms with Gasteiger partial charge in [-0.15, -0.1) is 0 Å². The van der Waals surface area contributed by atoms with E-state index in [0.29, 0.717) is 11.0 Å². The zero-order valence-electron chi connectivity index (χ0n) is 9.52. The summed E-state index contributed by atoms with van der Waals surface area (Å²) in [5, 5.41) is 0. The minimum atomic E-state index is -0.189. The van der Waals surface area contributed by atoms with Crippen molar-refractivity contribution in [2.45, 2.75) is 38.0 Å². The van der Waals surface area contributed by atoms with E-state index in [1.54, 1.807) is 6.07 Å². The lowest BCUT2D eigenvalue weighted by Gasteiger charge is -2.30. The molecule has 0 heterocycles. The number of benzene rings is 1. The molecule has 0 saturated heterocycles. The molecule has 88 valence electrons. The van der Waals surface area contributed by atoms with Gasteiger partial charge in [-0.05, 0) is 59.0 Å². The van der Waals surface area contributed by atoms with E-state index in [0.717, 1.165) is 18.4 Å². The maximum absolute atomic E-state index is 13.4. The van der Waals surface area contributed by atoms with Crippen molar-refractivity contribution < 1.29 is 4.39 Å². The monoisotopic (exact) mass is 285 g/mol. The lowest BCUT2D eigenvalue weighted by atomic mass is 9.77. The Kier molecular flexibility index (Phi) is 3.36. The second-order valence-electron chi connectivity index (χ2n) is 4.77. The molecule has 16 heavy (non-hydrogen) atoms. The third-order valence-electron chi connectivity index (χ3n) is 3.79. The molecule has 0 radical (unpaired) electrons. The first-order chi connectivity index (χ1) is 7.59. The molecule has 1 aromatic carbocycles. The normalized spacial score (nSPS) is 19.0. The van der Waals surface area contributed by atoms with Crippen LogP contribution in [0.4, 0.5) is 4.39 Å². The highest BCUT2D eigenvalue weighted by Crippen LogP contribution is 2.42. The van der Waals surface area contributed by atoms with E-state index in [2.05, 4.69) is 15.9 Å². The van der Waals surface area contributed by atoms with E-state index in [9.17, 15) is 4.39 Å². The van der Waals surface area contributed by atoms with Crippen LogP contribution in [0.15, 0.2) is 16.6 Å². The smallest absolute Gasteiger partial charge is 0.137 e. The molecular formula is C13H17BrFN. The predicted octanol–water partition coefficient (Wildman–Crippen LogP) is 3.67. The van der Waals surface area contributed by atoms with Crippen LogP contribution in [0.1, 0.15) is 36.8 Å². The Morgan fingerprint density at radius 1 is 1.38 bits per heavy atom. The standard InChI is InChI=1S/C13H17BrFN/c1-9-6-12(15)11(14)7-10(9)13(8-16)4-2-3-5-13/h6-7H,2-5,8,16H2,1H3. The Morgan fingerprint density at radius 2 is 2.00 bits per heavy atom. The molecule has 1 saturated carbocycles. The molecule has 1 fully saturated rings. The molecular weight excluding hydrogens is 269 g/mol. The maximum atomic E-state index is 13.4. The Hall–Kier alpha value is -0.410. The summed E-state index contributed by atoms with van der Waals surface area (Å²) in [7, 11) is 0. The predicted molar refractivity (Wildman–Crippen MR) is 68.0 cm³/mol. The molecule has 0 bridgehead atoms. The number of nitrogens with two attached hydrogens (primary N) is 1. The van der Waals surface area contributed by atoms with Gasteiger partial charge < -0.3 is 5.73 Å². The molecule has 2 rings (SSSR count). The van der Waals surface area contributed by atoms with Crippen LogP contribution in [0.2, 0.25) is 0 Å². The van der Waals surface area contributed by atoms with Gasteiger partial charge in [0.15, 0.2) is 0 Å². The summed E-state index contributed by atoms with van der Waals surface area (Å²) >= 11 is 3.26. The van der Waals surface area contributed by atoms with Gasteiger partial charge in [0.25, 0.3) is 0 Å². The lowest BCUT2D eigenvalue weighted by molar-refractivity contribution is 0.449. The Morgan fingerprint density at radius 3 is 2.56 bits per heavy atom. The van der Waals surface area contributed by atoms with Gasteiger partial charge in [0.1, 0.15) is 5.82 Å². The molecule has 0 unspecified atom stereocenters. The Bertz CT molecular complexity index is 397. The van der Waals surface area contributed by atoms with Gasteiger partial charge in [-0.2, -0.15) is 0 Å². The average molecular weight is 286 g/mol. The zero-order chi connectivity index (χ0) is 11.8. The largest absolute Gasteiger partial charge is 0.330 e. The van der Waals surface area contributed by atoms with Crippen molar-refractivity contribution in [3.8, 4) is 0 Å². The third kappa shape index (κ3) is 1.91. The molecule has 3 heteroatoms. The minimum Gasteiger partial charge on any atom is -0.330 e. The van der Waals surface area contributed by atoms with Crippen LogP contribution in [0.5, 0.6) is 0 Å². The van der Waals surface area contributed by atoms with Gasteiger partial charge in [0, 0.05) is 12.0 Å². The second-order valence-corrected chi connectivity index (χ2v) is 5.63. The molecule has 1 aliphatic rings. The molecule has 1 aromatic rings. The number of hydrogen-bond acceptors (Lipinski definition) is 1. The van der Waals surface area contributed by atoms with Gasteiger partial charge in [0.05, 0.1) is 4.47 Å². The summed E-state index contributed by atoms with van der Waals surface area (Å²) in [6.45, 7) is 2.63. The molecule has 0 spiro atoms. The van der Waals surface area contributed by atoms with Crippen LogP contribution in [0.25, 0.3) is 0 Å². The number of hydrogen-bond donors (Lipinski definition) is 1. The van der Waals surface area contributed by atoms with Crippen LogP contribution >= 0.6 is 15.9 Å². The molecule has 1 nitrogen and oxygen atoms in total. The zero-order valence-corrected chi connectivity index (χ0v) is 11.1. The van der Waals surface area contributed by atoms with Crippen molar-refractivity contribution in [1.82, 2.24) is 0 Å². The summed E-state index contributed by atoms with van der Waals surface area (Å²) in [6, 6.07) is 3.53. The highest BCUT2D eigenvalue weighted by molar-refractivity contribution is 9.10. The lowest BCUT2D eigenvalue weighted by Crippen LogP contribution is -2.32. The highest BCUT2D eigenvalue weighted by Gasteiger charge is 2.35. The van der Waals surface area contributed by atoms with E-state index in [1.165, 1.54) is 18.4 Å². The summed E-state index contributed by atoms with van der Waals surface area (Å²) in [5.41, 5.74) is 8.28. The second kappa shape index (κ2) is 4.46. The van der Waals surface area contributed by atoms with Gasteiger partial charge in [-0.25, -0.2) is 4.39 Å². The number of halogens is 2. The number of rotatable bonds is 2. The third-order valence-corrected chi connectivity index (χ3v) is 4.40. The van der Waals surface area contributed by atoms with E-state index in [1.807, 2.05) is 13.0 Å². The molecule has 2 N–H and O–H groups in total. The first kappa shape index (κ1) is 12.1. The van der Waals surface area contributed by atoms with Gasteiger partial charge in [0.2, 0.25) is 0 Å². The molecule has 0 atom stereocenters. The van der Waals surface area contributed by atoms with Crippen LogP contribution in [-0.4, -0.2) is 6.54 Å². The highest BCUT2D eigenvalue weighted by atomic mass is 79.9. The Balaban J connectivity index is 2.50. The molecule has 0 aliphatic heterocycles. The average Bonchev–Trinajstić information content (AvgIpc) is 2.73. The van der Waals surface area contributed by atoms with E-state index in [4.69, 9.17) is 5.73 Å². The van der Waals surface area contributed by atoms with Crippen molar-refractivity contribution in [1.29, 1.82) is 0 Å². The molecule has 0 aromatic heterocycles. The quantitative estimate of drug-likeness (QED) is 0.882. The fourth-order valence-electron chi connectivity index (χ4n) is 2.85. The van der Waals surface area contributed by atoms with Crippen molar-refractivity contribution in [3.63, 3.8) is 0 Å². The fourth-order valence-corrected chi connectivity index (χ4v) is 3.20. The van der Waals surface area contributed by atoms with Crippen molar-refractivity contribution in [2.75, 3.05) is 6.54 Å². The van der Waals surface area contributed by atoms with Crippen molar-refractivity contribution in [3.05, 3.63) is 33.5 Å². The van der Waals surface area contributed by atoms with Crippen LogP contribution < -0.4 is 5.73 Å². The van der Waals surface area contributed by atoms with E-state index < -0.39 is 0 Å². The summed E-state index contributed by atoms with van der Waals surface area (Å²) in [6.07, 6.45) is 4.71. The fraction of sp³-hybridized carbons (Fsp3) is 0.538. The first-order valence-corrected chi connectivity index (χ1v) is 6.54. The SMILES string of the molecule is Cc1cc(F)c(Br)cc1C1(CN)CCCC1.